The van der Waals surface area contributed by atoms with Crippen LogP contribution < -0.4 is 0 Å². The Hall–Kier alpha value is -5.96. The van der Waals surface area contributed by atoms with E-state index in [-0.39, 0.29) is 0 Å². The molecule has 0 atom stereocenters. The number of hydrogen-bond acceptors (Lipinski definition) is 1. The molecule has 0 aliphatic heterocycles. The van der Waals surface area contributed by atoms with Crippen molar-refractivity contribution in [2.45, 2.75) is 0 Å². The van der Waals surface area contributed by atoms with Crippen LogP contribution in [0, 0.1) is 0 Å². The first-order valence-electron chi connectivity index (χ1n) is 16.5. The van der Waals surface area contributed by atoms with Gasteiger partial charge in [0.15, 0.2) is 0 Å². The second-order valence-electron chi connectivity index (χ2n) is 12.9. The smallest absolute Gasteiger partial charge is 0.0547 e. The molecule has 0 radical (unpaired) electrons. The lowest BCUT2D eigenvalue weighted by atomic mass is 9.91. The van der Waals surface area contributed by atoms with Gasteiger partial charge in [0.1, 0.15) is 0 Å². The minimum absolute atomic E-state index is 1.18. The predicted molar refractivity (Wildman–Crippen MR) is 209 cm³/mol. The van der Waals surface area contributed by atoms with Crippen LogP contribution in [0.3, 0.4) is 0 Å². The first-order chi connectivity index (χ1) is 23.8. The predicted octanol–water partition coefficient (Wildman–Crippen LogP) is 13.4. The minimum Gasteiger partial charge on any atom is -0.309 e. The number of hydrogen-bond donors (Lipinski definition) is 0. The van der Waals surface area contributed by atoms with E-state index in [1.807, 2.05) is 11.3 Å². The van der Waals surface area contributed by atoms with Crippen molar-refractivity contribution in [1.82, 2.24) is 4.57 Å². The fourth-order valence-corrected chi connectivity index (χ4v) is 9.18. The van der Waals surface area contributed by atoms with Crippen molar-refractivity contribution in [3.8, 4) is 16.8 Å². The Morgan fingerprint density at radius 3 is 1.77 bits per heavy atom. The molecular formula is C46H27NS. The summed E-state index contributed by atoms with van der Waals surface area (Å²) in [5.41, 5.74) is 6.15. The van der Waals surface area contributed by atoms with Crippen LogP contribution in [0.15, 0.2) is 164 Å². The molecule has 11 rings (SSSR count). The maximum Gasteiger partial charge on any atom is 0.0547 e. The summed E-state index contributed by atoms with van der Waals surface area (Å²) in [6.07, 6.45) is 0. The lowest BCUT2D eigenvalue weighted by molar-refractivity contribution is 1.19. The number of para-hydroxylation sites is 1. The molecule has 1 nitrogen and oxygen atoms in total. The Morgan fingerprint density at radius 1 is 0.312 bits per heavy atom. The van der Waals surface area contributed by atoms with E-state index in [9.17, 15) is 0 Å². The topological polar surface area (TPSA) is 4.93 Å². The Labute approximate surface area is 280 Å². The average molecular weight is 626 g/mol. The molecular weight excluding hydrogens is 599 g/mol. The Balaban J connectivity index is 1.20. The number of rotatable bonds is 2. The molecule has 0 saturated heterocycles. The van der Waals surface area contributed by atoms with Gasteiger partial charge in [0.25, 0.3) is 0 Å². The molecule has 222 valence electrons. The van der Waals surface area contributed by atoms with Crippen molar-refractivity contribution >= 4 is 96.4 Å². The zero-order valence-electron chi connectivity index (χ0n) is 25.9. The largest absolute Gasteiger partial charge is 0.309 e. The summed E-state index contributed by atoms with van der Waals surface area (Å²) in [5.74, 6) is 0. The summed E-state index contributed by atoms with van der Waals surface area (Å²) >= 11 is 1.87. The van der Waals surface area contributed by atoms with E-state index in [1.165, 1.54) is 102 Å². The third-order valence-electron chi connectivity index (χ3n) is 10.3. The van der Waals surface area contributed by atoms with Gasteiger partial charge in [-0.3, -0.25) is 0 Å². The lowest BCUT2D eigenvalue weighted by Crippen LogP contribution is -1.94. The summed E-state index contributed by atoms with van der Waals surface area (Å²) in [6.45, 7) is 0. The maximum atomic E-state index is 2.45. The third kappa shape index (κ3) is 3.66. The summed E-state index contributed by atoms with van der Waals surface area (Å²) in [5, 5.41) is 15.5. The van der Waals surface area contributed by atoms with Gasteiger partial charge in [0.05, 0.1) is 11.0 Å². The number of benzene rings is 9. The van der Waals surface area contributed by atoms with Crippen LogP contribution in [0.4, 0.5) is 0 Å². The van der Waals surface area contributed by atoms with Crippen molar-refractivity contribution < 1.29 is 0 Å². The molecule has 2 heterocycles. The number of thiophene rings is 1. The van der Waals surface area contributed by atoms with Gasteiger partial charge < -0.3 is 4.57 Å². The van der Waals surface area contributed by atoms with E-state index in [1.54, 1.807) is 0 Å². The molecule has 9 aromatic carbocycles. The summed E-state index contributed by atoms with van der Waals surface area (Å²) in [6, 6.07) is 60.9. The standard InChI is InChI=1S/C46H27NS/c1-2-10-29-23-32(20-17-28(29)9-1)47-43-15-7-5-13-36(43)41-26-39-35-21-18-30(24-38(35)33-11-3-4-12-34(33)40(39)27-44(41)47)31-19-22-46-42(25-31)37-14-6-8-16-45(37)48-46/h1-27H. The van der Waals surface area contributed by atoms with Crippen LogP contribution in [0.5, 0.6) is 0 Å². The monoisotopic (exact) mass is 625 g/mol. The fraction of sp³-hybridized carbons (Fsp3) is 0. The molecule has 2 aromatic heterocycles. The Bertz CT molecular complexity index is 3120. The molecule has 0 saturated carbocycles. The first kappa shape index (κ1) is 26.1. The van der Waals surface area contributed by atoms with Crippen LogP contribution in [-0.2, 0) is 0 Å². The van der Waals surface area contributed by atoms with Gasteiger partial charge in [-0.15, -0.1) is 11.3 Å². The molecule has 0 aliphatic rings. The summed E-state index contributed by atoms with van der Waals surface area (Å²) in [7, 11) is 0. The van der Waals surface area contributed by atoms with Crippen molar-refractivity contribution in [3.05, 3.63) is 164 Å². The zero-order chi connectivity index (χ0) is 31.3. The molecule has 0 spiro atoms. The van der Waals surface area contributed by atoms with Gasteiger partial charge in [0, 0.05) is 36.6 Å². The number of fused-ring (bicyclic) bond motifs is 13. The Kier molecular flexibility index (Phi) is 5.32. The highest BCUT2D eigenvalue weighted by atomic mass is 32.1. The molecule has 48 heavy (non-hydrogen) atoms. The van der Waals surface area contributed by atoms with Gasteiger partial charge in [-0.2, -0.15) is 0 Å². The van der Waals surface area contributed by atoms with E-state index in [4.69, 9.17) is 0 Å². The molecule has 0 N–H and O–H groups in total. The highest BCUT2D eigenvalue weighted by Gasteiger charge is 2.17. The average Bonchev–Trinajstić information content (AvgIpc) is 3.69. The van der Waals surface area contributed by atoms with Gasteiger partial charge in [-0.05, 0) is 109 Å². The quantitative estimate of drug-likeness (QED) is 0.168. The van der Waals surface area contributed by atoms with Crippen molar-refractivity contribution in [3.63, 3.8) is 0 Å². The van der Waals surface area contributed by atoms with E-state index in [0.29, 0.717) is 0 Å². The molecule has 11 aromatic rings. The van der Waals surface area contributed by atoms with Crippen LogP contribution in [-0.4, -0.2) is 4.57 Å². The highest BCUT2D eigenvalue weighted by molar-refractivity contribution is 7.25. The van der Waals surface area contributed by atoms with Gasteiger partial charge in [-0.25, -0.2) is 0 Å². The van der Waals surface area contributed by atoms with E-state index < -0.39 is 0 Å². The van der Waals surface area contributed by atoms with Gasteiger partial charge in [0.2, 0.25) is 0 Å². The SMILES string of the molecule is c1ccc2cc(-n3c4ccccc4c4cc5c6ccc(-c7ccc8sc9ccccc9c8c7)cc6c6ccccc6c5cc43)ccc2c1. The van der Waals surface area contributed by atoms with E-state index >= 15 is 0 Å². The van der Waals surface area contributed by atoms with Crippen molar-refractivity contribution in [2.75, 3.05) is 0 Å². The van der Waals surface area contributed by atoms with Gasteiger partial charge >= 0.3 is 0 Å². The zero-order valence-corrected chi connectivity index (χ0v) is 26.8. The lowest BCUT2D eigenvalue weighted by Gasteiger charge is -2.14. The maximum absolute atomic E-state index is 2.45. The highest BCUT2D eigenvalue weighted by Crippen LogP contribution is 2.43. The number of nitrogens with zero attached hydrogens (tertiary/aromatic N) is 1. The summed E-state index contributed by atoms with van der Waals surface area (Å²) in [4.78, 5) is 0. The minimum atomic E-state index is 1.18. The van der Waals surface area contributed by atoms with Crippen LogP contribution in [0.1, 0.15) is 0 Å². The molecule has 0 fully saturated rings. The molecule has 0 bridgehead atoms. The van der Waals surface area contributed by atoms with Crippen LogP contribution >= 0.6 is 11.3 Å². The molecule has 0 unspecified atom stereocenters. The van der Waals surface area contributed by atoms with Crippen molar-refractivity contribution in [1.29, 1.82) is 0 Å². The van der Waals surface area contributed by atoms with E-state index in [2.05, 4.69) is 168 Å². The second kappa shape index (κ2) is 9.78. The Morgan fingerprint density at radius 2 is 0.917 bits per heavy atom. The molecule has 2 heteroatoms. The third-order valence-corrected chi connectivity index (χ3v) is 11.5. The molecule has 0 amide bonds. The van der Waals surface area contributed by atoms with Gasteiger partial charge in [-0.1, -0.05) is 109 Å². The van der Waals surface area contributed by atoms with Crippen LogP contribution in [0.2, 0.25) is 0 Å². The van der Waals surface area contributed by atoms with Crippen molar-refractivity contribution in [2.24, 2.45) is 0 Å². The van der Waals surface area contributed by atoms with Crippen LogP contribution in [0.25, 0.3) is 102 Å². The number of aromatic nitrogens is 1. The second-order valence-corrected chi connectivity index (χ2v) is 14.0. The fourth-order valence-electron chi connectivity index (χ4n) is 8.09. The first-order valence-corrected chi connectivity index (χ1v) is 17.3. The summed E-state index contributed by atoms with van der Waals surface area (Å²) < 4.78 is 5.13. The van der Waals surface area contributed by atoms with E-state index in [0.717, 1.165) is 0 Å². The normalized spacial score (nSPS) is 12.2. The molecule has 0 aliphatic carbocycles.